The van der Waals surface area contributed by atoms with Gasteiger partial charge in [-0.2, -0.15) is 0 Å². The number of anilines is 1. The minimum absolute atomic E-state index is 0.200. The van der Waals surface area contributed by atoms with Crippen LogP contribution in [0, 0.1) is 0 Å². The molecule has 1 heterocycles. The molecule has 0 aliphatic heterocycles. The number of hydrogen-bond acceptors (Lipinski definition) is 5. The zero-order valence-electron chi connectivity index (χ0n) is 14.6. The van der Waals surface area contributed by atoms with Crippen molar-refractivity contribution in [2.24, 2.45) is 0 Å². The molecule has 7 nitrogen and oxygen atoms in total. The third-order valence-electron chi connectivity index (χ3n) is 3.66. The van der Waals surface area contributed by atoms with Crippen molar-refractivity contribution >= 4 is 33.2 Å². The molecule has 0 saturated carbocycles. The molecular weight excluding hydrogens is 378 g/mol. The Kier molecular flexibility index (Phi) is 6.44. The van der Waals surface area contributed by atoms with Crippen molar-refractivity contribution in [1.29, 1.82) is 0 Å². The molecule has 1 aromatic carbocycles. The van der Waals surface area contributed by atoms with E-state index < -0.39 is 22.0 Å². The smallest absolute Gasteiger partial charge is 0.243 e. The van der Waals surface area contributed by atoms with Crippen LogP contribution in [0.4, 0.5) is 5.69 Å². The molecule has 1 N–H and O–H groups in total. The number of benzene rings is 1. The average Bonchev–Trinajstić information content (AvgIpc) is 2.59. The maximum Gasteiger partial charge on any atom is 0.243 e. The molecule has 0 unspecified atom stereocenters. The topological polar surface area (TPSA) is 88.6 Å². The molecule has 0 aliphatic carbocycles. The summed E-state index contributed by atoms with van der Waals surface area (Å²) in [6.45, 7) is 1.74. The van der Waals surface area contributed by atoms with Gasteiger partial charge in [-0.3, -0.25) is 14.1 Å². The highest BCUT2D eigenvalue weighted by Gasteiger charge is 2.31. The number of sulfonamides is 1. The number of amides is 1. The summed E-state index contributed by atoms with van der Waals surface area (Å²) in [6.07, 6.45) is 4.28. The normalized spacial score (nSPS) is 12.3. The highest BCUT2D eigenvalue weighted by molar-refractivity contribution is 7.92. The Balaban J connectivity index is 2.29. The van der Waals surface area contributed by atoms with Crippen LogP contribution in [0.3, 0.4) is 0 Å². The maximum absolute atomic E-state index is 12.6. The quantitative estimate of drug-likeness (QED) is 0.773. The second-order valence-corrected chi connectivity index (χ2v) is 7.93. The fraction of sp³-hybridized carbons (Fsp3) is 0.294. The standard InChI is InChI=1S/C17H20ClN3O4S/c1-12(17(22)20-11-13-5-4-8-19-10-13)21(26(3,23)24)15-9-14(18)6-7-16(15)25-2/h4-10,12H,11H2,1-3H3,(H,20,22)/t12-/m1/s1. The van der Waals surface area contributed by atoms with Crippen LogP contribution in [0.2, 0.25) is 5.02 Å². The average molecular weight is 398 g/mol. The minimum atomic E-state index is -3.77. The Hall–Kier alpha value is -2.32. The Morgan fingerprint density at radius 2 is 2.12 bits per heavy atom. The fourth-order valence-electron chi connectivity index (χ4n) is 2.46. The van der Waals surface area contributed by atoms with Gasteiger partial charge in [-0.05, 0) is 36.8 Å². The third-order valence-corrected chi connectivity index (χ3v) is 5.12. The highest BCUT2D eigenvalue weighted by Crippen LogP contribution is 2.34. The van der Waals surface area contributed by atoms with E-state index in [0.717, 1.165) is 16.1 Å². The number of ether oxygens (including phenoxy) is 1. The van der Waals surface area contributed by atoms with Crippen molar-refractivity contribution in [3.05, 3.63) is 53.3 Å². The lowest BCUT2D eigenvalue weighted by molar-refractivity contribution is -0.122. The Morgan fingerprint density at radius 1 is 1.38 bits per heavy atom. The molecule has 1 aromatic heterocycles. The van der Waals surface area contributed by atoms with Crippen LogP contribution in [-0.4, -0.2) is 38.7 Å². The number of pyridine rings is 1. The van der Waals surface area contributed by atoms with E-state index in [1.165, 1.54) is 20.1 Å². The zero-order valence-corrected chi connectivity index (χ0v) is 16.2. The molecule has 0 fully saturated rings. The molecule has 2 rings (SSSR count). The number of hydrogen-bond donors (Lipinski definition) is 1. The van der Waals surface area contributed by atoms with E-state index in [2.05, 4.69) is 10.3 Å². The third kappa shape index (κ3) is 4.86. The summed E-state index contributed by atoms with van der Waals surface area (Å²) in [6, 6.07) is 7.14. The van der Waals surface area contributed by atoms with Crippen LogP contribution in [0.25, 0.3) is 0 Å². The Labute approximate surface area is 158 Å². The van der Waals surface area contributed by atoms with E-state index >= 15 is 0 Å². The summed E-state index contributed by atoms with van der Waals surface area (Å²) >= 11 is 6.01. The van der Waals surface area contributed by atoms with Gasteiger partial charge in [-0.1, -0.05) is 17.7 Å². The van der Waals surface area contributed by atoms with Gasteiger partial charge in [-0.15, -0.1) is 0 Å². The van der Waals surface area contributed by atoms with E-state index in [4.69, 9.17) is 16.3 Å². The molecule has 2 aromatic rings. The number of nitrogens with one attached hydrogen (secondary N) is 1. The Bertz CT molecular complexity index is 875. The lowest BCUT2D eigenvalue weighted by Crippen LogP contribution is -2.47. The van der Waals surface area contributed by atoms with Crippen LogP contribution >= 0.6 is 11.6 Å². The first kappa shape index (κ1) is 20.0. The molecule has 1 atom stereocenters. The van der Waals surface area contributed by atoms with Crippen LogP contribution < -0.4 is 14.4 Å². The van der Waals surface area contributed by atoms with E-state index in [-0.39, 0.29) is 12.2 Å². The van der Waals surface area contributed by atoms with Crippen molar-refractivity contribution < 1.29 is 17.9 Å². The second-order valence-electron chi connectivity index (χ2n) is 5.63. The molecular formula is C17H20ClN3O4S. The van der Waals surface area contributed by atoms with Gasteiger partial charge in [0.05, 0.1) is 19.1 Å². The molecule has 9 heteroatoms. The molecule has 0 spiro atoms. The first-order valence-corrected chi connectivity index (χ1v) is 9.96. The number of halogens is 1. The summed E-state index contributed by atoms with van der Waals surface area (Å²) in [4.78, 5) is 16.5. The number of carbonyl (C=O) groups excluding carboxylic acids is 1. The van der Waals surface area contributed by atoms with Gasteiger partial charge in [0.2, 0.25) is 15.9 Å². The van der Waals surface area contributed by atoms with Crippen LogP contribution in [0.5, 0.6) is 5.75 Å². The zero-order chi connectivity index (χ0) is 19.3. The predicted molar refractivity (Wildman–Crippen MR) is 101 cm³/mol. The van der Waals surface area contributed by atoms with E-state index in [1.54, 1.807) is 30.6 Å². The molecule has 1 amide bonds. The minimum Gasteiger partial charge on any atom is -0.495 e. The van der Waals surface area contributed by atoms with Crippen LogP contribution in [0.15, 0.2) is 42.7 Å². The molecule has 0 aliphatic rings. The first-order valence-electron chi connectivity index (χ1n) is 7.73. The van der Waals surface area contributed by atoms with Gasteiger partial charge in [0, 0.05) is 24.0 Å². The van der Waals surface area contributed by atoms with Crippen molar-refractivity contribution in [1.82, 2.24) is 10.3 Å². The van der Waals surface area contributed by atoms with Crippen molar-refractivity contribution in [3.63, 3.8) is 0 Å². The number of aromatic nitrogens is 1. The van der Waals surface area contributed by atoms with Crippen LogP contribution in [0.1, 0.15) is 12.5 Å². The monoisotopic (exact) mass is 397 g/mol. The number of rotatable bonds is 7. The number of methoxy groups -OCH3 is 1. The van der Waals surface area contributed by atoms with Crippen molar-refractivity contribution in [2.75, 3.05) is 17.7 Å². The van der Waals surface area contributed by atoms with E-state index in [1.807, 2.05) is 6.07 Å². The lowest BCUT2D eigenvalue weighted by atomic mass is 10.2. The summed E-state index contributed by atoms with van der Waals surface area (Å²) in [5.74, 6) is -0.159. The molecule has 0 radical (unpaired) electrons. The van der Waals surface area contributed by atoms with Gasteiger partial charge in [-0.25, -0.2) is 8.42 Å². The number of carbonyl (C=O) groups is 1. The summed E-state index contributed by atoms with van der Waals surface area (Å²) in [7, 11) is -2.36. The van der Waals surface area contributed by atoms with Crippen LogP contribution in [-0.2, 0) is 21.4 Å². The molecule has 0 bridgehead atoms. The van der Waals surface area contributed by atoms with Crippen molar-refractivity contribution in [3.8, 4) is 5.75 Å². The van der Waals surface area contributed by atoms with Gasteiger partial charge in [0.15, 0.2) is 0 Å². The van der Waals surface area contributed by atoms with Gasteiger partial charge >= 0.3 is 0 Å². The van der Waals surface area contributed by atoms with Gasteiger partial charge < -0.3 is 10.1 Å². The van der Waals surface area contributed by atoms with Crippen molar-refractivity contribution in [2.45, 2.75) is 19.5 Å². The molecule has 140 valence electrons. The number of nitrogens with zero attached hydrogens (tertiary/aromatic N) is 2. The SMILES string of the molecule is COc1ccc(Cl)cc1N([C@H](C)C(=O)NCc1cccnc1)S(C)(=O)=O. The summed E-state index contributed by atoms with van der Waals surface area (Å²) in [5.41, 5.74) is 1.01. The molecule has 0 saturated heterocycles. The fourth-order valence-corrected chi connectivity index (χ4v) is 3.79. The Morgan fingerprint density at radius 3 is 2.69 bits per heavy atom. The van der Waals surface area contributed by atoms with Gasteiger partial charge in [0.1, 0.15) is 11.8 Å². The highest BCUT2D eigenvalue weighted by atomic mass is 35.5. The van der Waals surface area contributed by atoms with Gasteiger partial charge in [0.25, 0.3) is 0 Å². The second kappa shape index (κ2) is 8.37. The largest absolute Gasteiger partial charge is 0.495 e. The molecule has 26 heavy (non-hydrogen) atoms. The lowest BCUT2D eigenvalue weighted by Gasteiger charge is -2.29. The summed E-state index contributed by atoms with van der Waals surface area (Å²) in [5, 5.41) is 3.05. The first-order chi connectivity index (χ1) is 12.2. The van der Waals surface area contributed by atoms with E-state index in [9.17, 15) is 13.2 Å². The maximum atomic E-state index is 12.6. The predicted octanol–water partition coefficient (Wildman–Crippen LogP) is 2.21. The summed E-state index contributed by atoms with van der Waals surface area (Å²) < 4.78 is 31.0. The van der Waals surface area contributed by atoms with E-state index in [0.29, 0.717) is 10.8 Å².